The second-order valence-electron chi connectivity index (χ2n) is 11.4. The standard InChI is InChI=1S/C39H29N5/c1-4-14-26(15-5-1)37-40-38(27-16-6-2-7-17-27)42-39(41-37)44-34-23-13-11-21-30(34)32-25-24-31-29-20-10-12-22-33(29)43(35(31)36(32)44)28-18-8-3-9-19-28/h1-6,8-16,18-25,39H,7,17H2,(H,40,41,42). The highest BCUT2D eigenvalue weighted by atomic mass is 15.3. The first-order chi connectivity index (χ1) is 21.8. The maximum atomic E-state index is 5.33. The minimum atomic E-state index is -0.403. The topological polar surface area (TPSA) is 46.6 Å². The molecule has 9 rings (SSSR count). The second-order valence-corrected chi connectivity index (χ2v) is 11.4. The van der Waals surface area contributed by atoms with Gasteiger partial charge in [-0.1, -0.05) is 115 Å². The van der Waals surface area contributed by atoms with Crippen molar-refractivity contribution < 1.29 is 0 Å². The van der Waals surface area contributed by atoms with Gasteiger partial charge in [0.25, 0.3) is 0 Å². The number of benzene rings is 5. The Kier molecular flexibility index (Phi) is 5.63. The molecule has 3 heterocycles. The van der Waals surface area contributed by atoms with Crippen LogP contribution in [0, 0.1) is 0 Å². The Bertz CT molecular complexity index is 2350. The highest BCUT2D eigenvalue weighted by Gasteiger charge is 2.27. The van der Waals surface area contributed by atoms with Crippen LogP contribution in [0.4, 0.5) is 0 Å². The lowest BCUT2D eigenvalue weighted by Gasteiger charge is -2.27. The van der Waals surface area contributed by atoms with E-state index in [1.807, 2.05) is 6.07 Å². The van der Waals surface area contributed by atoms with Crippen LogP contribution >= 0.6 is 0 Å². The summed E-state index contributed by atoms with van der Waals surface area (Å²) in [6, 6.07) is 43.0. The summed E-state index contributed by atoms with van der Waals surface area (Å²) in [4.78, 5) is 10.4. The van der Waals surface area contributed by atoms with Crippen molar-refractivity contribution >= 4 is 55.3 Å². The number of aromatic nitrogens is 2. The molecule has 1 aliphatic heterocycles. The Balaban J connectivity index is 1.40. The van der Waals surface area contributed by atoms with E-state index in [0.717, 1.165) is 46.8 Å². The van der Waals surface area contributed by atoms with E-state index in [4.69, 9.17) is 9.98 Å². The summed E-state index contributed by atoms with van der Waals surface area (Å²) in [5.41, 5.74) is 7.98. The Labute approximate surface area is 254 Å². The van der Waals surface area contributed by atoms with Crippen LogP contribution < -0.4 is 5.32 Å². The molecule has 1 aliphatic carbocycles. The summed E-state index contributed by atoms with van der Waals surface area (Å²) in [6.07, 6.45) is 8.06. The highest BCUT2D eigenvalue weighted by molar-refractivity contribution is 6.23. The molecule has 5 heteroatoms. The zero-order valence-corrected chi connectivity index (χ0v) is 24.1. The molecule has 1 atom stereocenters. The molecular weight excluding hydrogens is 538 g/mol. The minimum Gasteiger partial charge on any atom is -0.331 e. The fraction of sp³-hybridized carbons (Fsp3) is 0.0769. The highest BCUT2D eigenvalue weighted by Crippen LogP contribution is 2.41. The molecule has 0 saturated heterocycles. The van der Waals surface area contributed by atoms with Crippen LogP contribution in [0.15, 0.2) is 155 Å². The van der Waals surface area contributed by atoms with Gasteiger partial charge in [-0.15, -0.1) is 0 Å². The van der Waals surface area contributed by atoms with Crippen molar-refractivity contribution in [1.82, 2.24) is 14.5 Å². The smallest absolute Gasteiger partial charge is 0.204 e. The van der Waals surface area contributed by atoms with E-state index in [9.17, 15) is 0 Å². The van der Waals surface area contributed by atoms with Gasteiger partial charge in [0.1, 0.15) is 5.84 Å². The van der Waals surface area contributed by atoms with Crippen molar-refractivity contribution in [3.05, 3.63) is 151 Å². The number of amidine groups is 2. The number of hydrogen-bond donors (Lipinski definition) is 1. The molecule has 44 heavy (non-hydrogen) atoms. The first kappa shape index (κ1) is 24.9. The molecule has 2 aromatic heterocycles. The number of para-hydroxylation sites is 3. The van der Waals surface area contributed by atoms with Crippen LogP contribution in [-0.4, -0.2) is 20.8 Å². The summed E-state index contributed by atoms with van der Waals surface area (Å²) in [7, 11) is 0. The molecule has 7 aromatic rings. The SMILES string of the molecule is C1=CCCC(C2=NC(c3ccccc3)=NC(n3c4ccccc4c4ccc5c6ccccc6n(-c6ccccc6)c5c43)N2)=C1. The third-order valence-electron chi connectivity index (χ3n) is 8.84. The summed E-state index contributed by atoms with van der Waals surface area (Å²) in [6.45, 7) is 0. The quantitative estimate of drug-likeness (QED) is 0.227. The average molecular weight is 568 g/mol. The Morgan fingerprint density at radius 3 is 2.05 bits per heavy atom. The maximum absolute atomic E-state index is 5.33. The fourth-order valence-electron chi connectivity index (χ4n) is 6.88. The lowest BCUT2D eigenvalue weighted by atomic mass is 10.0. The molecule has 1 N–H and O–H groups in total. The van der Waals surface area contributed by atoms with Gasteiger partial charge in [0.15, 0.2) is 5.84 Å². The van der Waals surface area contributed by atoms with E-state index in [2.05, 4.69) is 148 Å². The normalized spacial score (nSPS) is 16.7. The second kappa shape index (κ2) is 9.96. The summed E-state index contributed by atoms with van der Waals surface area (Å²) in [5.74, 6) is 1.62. The van der Waals surface area contributed by atoms with Gasteiger partial charge in [-0.25, -0.2) is 9.98 Å². The zero-order chi connectivity index (χ0) is 29.0. The number of nitrogens with zero attached hydrogens (tertiary/aromatic N) is 4. The van der Waals surface area contributed by atoms with Crippen molar-refractivity contribution in [1.29, 1.82) is 0 Å². The lowest BCUT2D eigenvalue weighted by Crippen LogP contribution is -2.37. The van der Waals surface area contributed by atoms with E-state index < -0.39 is 6.29 Å². The molecule has 0 bridgehead atoms. The predicted octanol–water partition coefficient (Wildman–Crippen LogP) is 9.07. The Hall–Kier alpha value is -5.68. The fourth-order valence-corrected chi connectivity index (χ4v) is 6.88. The third-order valence-corrected chi connectivity index (χ3v) is 8.84. The average Bonchev–Trinajstić information content (AvgIpc) is 3.62. The van der Waals surface area contributed by atoms with Gasteiger partial charge in [0.05, 0.1) is 22.1 Å². The van der Waals surface area contributed by atoms with Crippen molar-refractivity contribution in [2.24, 2.45) is 9.98 Å². The van der Waals surface area contributed by atoms with Crippen LogP contribution in [-0.2, 0) is 0 Å². The van der Waals surface area contributed by atoms with E-state index in [0.29, 0.717) is 0 Å². The number of hydrogen-bond acceptors (Lipinski definition) is 3. The Morgan fingerprint density at radius 2 is 1.30 bits per heavy atom. The maximum Gasteiger partial charge on any atom is 0.204 e. The van der Waals surface area contributed by atoms with E-state index in [-0.39, 0.29) is 0 Å². The molecule has 5 nitrogen and oxygen atoms in total. The number of aliphatic imine (C=N–C) groups is 2. The largest absolute Gasteiger partial charge is 0.331 e. The molecule has 0 spiro atoms. The van der Waals surface area contributed by atoms with Gasteiger partial charge < -0.3 is 9.88 Å². The monoisotopic (exact) mass is 567 g/mol. The molecule has 5 aromatic carbocycles. The number of allylic oxidation sites excluding steroid dienone is 3. The summed E-state index contributed by atoms with van der Waals surface area (Å²) in [5, 5.41) is 8.64. The summed E-state index contributed by atoms with van der Waals surface area (Å²) < 4.78 is 4.80. The van der Waals surface area contributed by atoms with Gasteiger partial charge in [-0.3, -0.25) is 4.57 Å². The first-order valence-electron chi connectivity index (χ1n) is 15.2. The van der Waals surface area contributed by atoms with E-state index in [1.54, 1.807) is 0 Å². The number of nitrogens with one attached hydrogen (secondary N) is 1. The predicted molar refractivity (Wildman–Crippen MR) is 183 cm³/mol. The molecule has 2 aliphatic rings. The third kappa shape index (κ3) is 3.79. The van der Waals surface area contributed by atoms with Crippen LogP contribution in [0.25, 0.3) is 49.3 Å². The minimum absolute atomic E-state index is 0.403. The lowest BCUT2D eigenvalue weighted by molar-refractivity contribution is 0.515. The van der Waals surface area contributed by atoms with Crippen molar-refractivity contribution in [3.8, 4) is 5.69 Å². The van der Waals surface area contributed by atoms with Gasteiger partial charge >= 0.3 is 0 Å². The number of rotatable bonds is 4. The molecule has 1 unspecified atom stereocenters. The summed E-state index contributed by atoms with van der Waals surface area (Å²) >= 11 is 0. The van der Waals surface area contributed by atoms with E-state index in [1.165, 1.54) is 38.2 Å². The van der Waals surface area contributed by atoms with Gasteiger partial charge in [0.2, 0.25) is 6.29 Å². The van der Waals surface area contributed by atoms with Crippen LogP contribution in [0.3, 0.4) is 0 Å². The zero-order valence-electron chi connectivity index (χ0n) is 24.1. The van der Waals surface area contributed by atoms with Crippen LogP contribution in [0.2, 0.25) is 0 Å². The van der Waals surface area contributed by atoms with Gasteiger partial charge in [-0.05, 0) is 42.7 Å². The van der Waals surface area contributed by atoms with Gasteiger partial charge in [-0.2, -0.15) is 0 Å². The first-order valence-corrected chi connectivity index (χ1v) is 15.2. The molecular formula is C39H29N5. The van der Waals surface area contributed by atoms with Crippen molar-refractivity contribution in [2.75, 3.05) is 0 Å². The van der Waals surface area contributed by atoms with Crippen molar-refractivity contribution in [2.45, 2.75) is 19.1 Å². The molecule has 0 fully saturated rings. The number of fused-ring (bicyclic) bond motifs is 7. The van der Waals surface area contributed by atoms with Crippen LogP contribution in [0.1, 0.15) is 24.7 Å². The molecule has 210 valence electrons. The van der Waals surface area contributed by atoms with E-state index >= 15 is 0 Å². The van der Waals surface area contributed by atoms with Crippen molar-refractivity contribution in [3.63, 3.8) is 0 Å². The van der Waals surface area contributed by atoms with Gasteiger partial charge in [0, 0.05) is 32.8 Å². The molecule has 0 radical (unpaired) electrons. The molecule has 0 amide bonds. The molecule has 0 saturated carbocycles. The van der Waals surface area contributed by atoms with Crippen LogP contribution in [0.5, 0.6) is 0 Å². The Morgan fingerprint density at radius 1 is 0.636 bits per heavy atom.